The van der Waals surface area contributed by atoms with E-state index in [-0.39, 0.29) is 11.9 Å². The lowest BCUT2D eigenvalue weighted by atomic mass is 9.92. The summed E-state index contributed by atoms with van der Waals surface area (Å²) < 4.78 is 5.21. The molecule has 27 heavy (non-hydrogen) atoms. The van der Waals surface area contributed by atoms with E-state index < -0.39 is 0 Å². The molecule has 5 nitrogen and oxygen atoms in total. The Balaban J connectivity index is 1.42. The topological polar surface area (TPSA) is 36.0 Å². The molecule has 2 heterocycles. The van der Waals surface area contributed by atoms with Gasteiger partial charge in [0.2, 0.25) is 5.91 Å². The molecule has 4 rings (SSSR count). The van der Waals surface area contributed by atoms with E-state index in [2.05, 4.69) is 41.1 Å². The summed E-state index contributed by atoms with van der Waals surface area (Å²) in [5, 5.41) is 0. The number of carbonyl (C=O) groups excluding carboxylic acids is 1. The van der Waals surface area contributed by atoms with Gasteiger partial charge in [-0.05, 0) is 42.4 Å². The van der Waals surface area contributed by atoms with Crippen molar-refractivity contribution in [2.45, 2.75) is 19.0 Å². The number of rotatable bonds is 5. The molecule has 2 aliphatic rings. The van der Waals surface area contributed by atoms with Crippen LogP contribution in [0.1, 0.15) is 23.6 Å². The van der Waals surface area contributed by atoms with Gasteiger partial charge in [-0.15, -0.1) is 0 Å². The molecule has 0 bridgehead atoms. The summed E-state index contributed by atoms with van der Waals surface area (Å²) in [4.78, 5) is 19.0. The van der Waals surface area contributed by atoms with E-state index >= 15 is 0 Å². The van der Waals surface area contributed by atoms with Gasteiger partial charge in [-0.3, -0.25) is 9.69 Å². The fraction of sp³-hybridized carbons (Fsp3) is 0.409. The van der Waals surface area contributed by atoms with E-state index in [0.29, 0.717) is 6.42 Å². The number of anilines is 1. The molecule has 0 saturated carbocycles. The molecule has 0 aromatic heterocycles. The van der Waals surface area contributed by atoms with Gasteiger partial charge in [-0.2, -0.15) is 0 Å². The van der Waals surface area contributed by atoms with E-state index in [0.717, 1.165) is 44.2 Å². The van der Waals surface area contributed by atoms with Crippen LogP contribution < -0.4 is 9.64 Å². The summed E-state index contributed by atoms with van der Waals surface area (Å²) in [6.07, 6.45) is 0.573. The van der Waals surface area contributed by atoms with E-state index in [1.807, 2.05) is 29.2 Å². The minimum Gasteiger partial charge on any atom is -0.497 e. The molecule has 1 amide bonds. The maximum Gasteiger partial charge on any atom is 0.230 e. The second-order valence-electron chi connectivity index (χ2n) is 7.50. The van der Waals surface area contributed by atoms with E-state index in [4.69, 9.17) is 4.74 Å². The van der Waals surface area contributed by atoms with Crippen molar-refractivity contribution < 1.29 is 9.53 Å². The number of nitrogens with zero attached hydrogens (tertiary/aromatic N) is 3. The Kier molecular flexibility index (Phi) is 5.14. The normalized spacial score (nSPS) is 21.2. The quantitative estimate of drug-likeness (QED) is 0.764. The number of amides is 1. The molecule has 0 N–H and O–H groups in total. The molecule has 2 aromatic carbocycles. The van der Waals surface area contributed by atoms with Gasteiger partial charge in [0.05, 0.1) is 19.6 Å². The molecule has 2 aromatic rings. The lowest BCUT2D eigenvalue weighted by molar-refractivity contribution is -0.124. The van der Waals surface area contributed by atoms with Crippen LogP contribution in [0.15, 0.2) is 48.5 Å². The zero-order valence-corrected chi connectivity index (χ0v) is 16.1. The number of carbonyl (C=O) groups is 1. The average Bonchev–Trinajstić information content (AvgIpc) is 2.69. The Morgan fingerprint density at radius 1 is 0.963 bits per heavy atom. The summed E-state index contributed by atoms with van der Waals surface area (Å²) in [5.74, 6) is 0.975. The van der Waals surface area contributed by atoms with Gasteiger partial charge in [-0.1, -0.05) is 24.3 Å². The Labute approximate surface area is 161 Å². The predicted octanol–water partition coefficient (Wildman–Crippen LogP) is 2.92. The Morgan fingerprint density at radius 2 is 1.63 bits per heavy atom. The zero-order valence-electron chi connectivity index (χ0n) is 16.1. The number of piperazine rings is 1. The molecule has 0 radical (unpaired) electrons. The highest BCUT2D eigenvalue weighted by Crippen LogP contribution is 2.39. The van der Waals surface area contributed by atoms with Crippen LogP contribution in [0.25, 0.3) is 0 Å². The van der Waals surface area contributed by atoms with Gasteiger partial charge >= 0.3 is 0 Å². The number of ether oxygens (including phenoxy) is 1. The van der Waals surface area contributed by atoms with E-state index in [1.54, 1.807) is 7.11 Å². The van der Waals surface area contributed by atoms with Crippen molar-refractivity contribution >= 4 is 11.6 Å². The van der Waals surface area contributed by atoms with Crippen molar-refractivity contribution in [3.63, 3.8) is 0 Å². The minimum atomic E-state index is 0.128. The molecule has 1 atom stereocenters. The number of likely N-dealkylation sites (N-methyl/N-ethyl adjacent to an activating group) is 1. The molecule has 5 heteroatoms. The number of hydrogen-bond acceptors (Lipinski definition) is 4. The third kappa shape index (κ3) is 3.84. The van der Waals surface area contributed by atoms with Crippen LogP contribution in [-0.4, -0.2) is 56.0 Å². The molecule has 2 fully saturated rings. The summed E-state index contributed by atoms with van der Waals surface area (Å²) in [5.41, 5.74) is 3.47. The largest absolute Gasteiger partial charge is 0.497 e. The second-order valence-corrected chi connectivity index (χ2v) is 7.50. The fourth-order valence-corrected chi connectivity index (χ4v) is 3.86. The van der Waals surface area contributed by atoms with Gasteiger partial charge < -0.3 is 14.5 Å². The van der Waals surface area contributed by atoms with Gasteiger partial charge in [0.1, 0.15) is 5.75 Å². The summed E-state index contributed by atoms with van der Waals surface area (Å²) in [7, 11) is 3.83. The lowest BCUT2D eigenvalue weighted by Crippen LogP contribution is -2.46. The predicted molar refractivity (Wildman–Crippen MR) is 107 cm³/mol. The van der Waals surface area contributed by atoms with E-state index in [1.165, 1.54) is 11.1 Å². The molecule has 142 valence electrons. The summed E-state index contributed by atoms with van der Waals surface area (Å²) in [6.45, 7) is 5.53. The van der Waals surface area contributed by atoms with Gasteiger partial charge in [0.25, 0.3) is 0 Å². The van der Waals surface area contributed by atoms with Crippen LogP contribution in [0.4, 0.5) is 5.69 Å². The third-order valence-corrected chi connectivity index (χ3v) is 5.67. The van der Waals surface area contributed by atoms with Crippen molar-refractivity contribution in [3.8, 4) is 5.75 Å². The molecular weight excluding hydrogens is 338 g/mol. The third-order valence-electron chi connectivity index (χ3n) is 5.67. The number of hydrogen-bond donors (Lipinski definition) is 0. The summed E-state index contributed by atoms with van der Waals surface area (Å²) >= 11 is 0. The Morgan fingerprint density at radius 3 is 2.22 bits per heavy atom. The Bertz CT molecular complexity index is 780. The highest BCUT2D eigenvalue weighted by Gasteiger charge is 2.38. The molecule has 0 unspecified atom stereocenters. The zero-order chi connectivity index (χ0) is 18.8. The minimum absolute atomic E-state index is 0.128. The number of methoxy groups -OCH3 is 1. The van der Waals surface area contributed by atoms with Crippen molar-refractivity contribution in [2.75, 3.05) is 45.2 Å². The monoisotopic (exact) mass is 365 g/mol. The maximum atomic E-state index is 12.2. The van der Waals surface area contributed by atoms with Crippen LogP contribution in [0.2, 0.25) is 0 Å². The first kappa shape index (κ1) is 18.0. The first-order valence-electron chi connectivity index (χ1n) is 9.60. The van der Waals surface area contributed by atoms with Crippen molar-refractivity contribution in [1.82, 2.24) is 9.80 Å². The van der Waals surface area contributed by atoms with Crippen molar-refractivity contribution in [1.29, 1.82) is 0 Å². The van der Waals surface area contributed by atoms with Gasteiger partial charge in [-0.25, -0.2) is 0 Å². The maximum absolute atomic E-state index is 12.2. The smallest absolute Gasteiger partial charge is 0.230 e. The first-order valence-corrected chi connectivity index (χ1v) is 9.60. The van der Waals surface area contributed by atoms with Crippen LogP contribution in [0, 0.1) is 0 Å². The Hall–Kier alpha value is -2.37. The SMILES string of the molecule is COc1ccc(N2C(=O)C[C@H]2c2ccc(CN3CCN(C)CC3)cc2)cc1. The molecule has 2 saturated heterocycles. The highest BCUT2D eigenvalue weighted by atomic mass is 16.5. The van der Waals surface area contributed by atoms with Crippen molar-refractivity contribution in [2.24, 2.45) is 0 Å². The van der Waals surface area contributed by atoms with E-state index in [9.17, 15) is 4.79 Å². The van der Waals surface area contributed by atoms with Crippen LogP contribution >= 0.6 is 0 Å². The number of β-lactam (4-membered cyclic amide) rings is 1. The number of benzene rings is 2. The van der Waals surface area contributed by atoms with Gasteiger partial charge in [0, 0.05) is 38.4 Å². The lowest BCUT2D eigenvalue weighted by Gasteiger charge is -2.41. The van der Waals surface area contributed by atoms with Crippen molar-refractivity contribution in [3.05, 3.63) is 59.7 Å². The molecule has 2 aliphatic heterocycles. The van der Waals surface area contributed by atoms with Crippen LogP contribution in [-0.2, 0) is 11.3 Å². The van der Waals surface area contributed by atoms with Gasteiger partial charge in [0.15, 0.2) is 0 Å². The van der Waals surface area contributed by atoms with Crippen LogP contribution in [0.3, 0.4) is 0 Å². The molecular formula is C22H27N3O2. The molecule has 0 spiro atoms. The fourth-order valence-electron chi connectivity index (χ4n) is 3.86. The summed E-state index contributed by atoms with van der Waals surface area (Å²) in [6, 6.07) is 16.6. The van der Waals surface area contributed by atoms with Crippen LogP contribution in [0.5, 0.6) is 5.75 Å². The first-order chi connectivity index (χ1) is 13.1. The molecule has 0 aliphatic carbocycles. The second kappa shape index (κ2) is 7.71. The average molecular weight is 365 g/mol. The standard InChI is InChI=1S/C22H27N3O2/c1-23-11-13-24(14-12-23)16-17-3-5-18(6-4-17)21-15-22(26)25(21)19-7-9-20(27-2)10-8-19/h3-10,21H,11-16H2,1-2H3/t21-/m0/s1. The highest BCUT2D eigenvalue weighted by molar-refractivity contribution is 6.01.